The highest BCUT2D eigenvalue weighted by atomic mass is 32.2. The molecular weight excluding hydrogens is 442 g/mol. The highest BCUT2D eigenvalue weighted by Crippen LogP contribution is 2.22. The number of amides is 2. The second-order valence-electron chi connectivity index (χ2n) is 7.79. The summed E-state index contributed by atoms with van der Waals surface area (Å²) in [5.74, 6) is -0.160. The lowest BCUT2D eigenvalue weighted by atomic mass is 10.1. The van der Waals surface area contributed by atoms with Gasteiger partial charge in [0, 0.05) is 13.1 Å². The average Bonchev–Trinajstić information content (AvgIpc) is 2.78. The van der Waals surface area contributed by atoms with Gasteiger partial charge >= 0.3 is 0 Å². The van der Waals surface area contributed by atoms with Crippen molar-refractivity contribution in [2.24, 2.45) is 0 Å². The maximum absolute atomic E-state index is 13.5. The van der Waals surface area contributed by atoms with E-state index in [4.69, 9.17) is 4.74 Å². The number of hydrogen-bond donors (Lipinski definition) is 1. The zero-order chi connectivity index (χ0) is 24.6. The Hall–Kier alpha value is -3.07. The first-order chi connectivity index (χ1) is 15.6. The molecule has 33 heavy (non-hydrogen) atoms. The van der Waals surface area contributed by atoms with Gasteiger partial charge in [0.2, 0.25) is 21.8 Å². The number of hydrogen-bond acceptors (Lipinski definition) is 5. The number of ether oxygens (including phenoxy) is 1. The second kappa shape index (κ2) is 11.7. The van der Waals surface area contributed by atoms with Crippen LogP contribution in [-0.4, -0.2) is 57.6 Å². The number of nitrogens with zero attached hydrogens (tertiary/aromatic N) is 2. The number of anilines is 1. The number of aryl methyl sites for hydroxylation is 1. The third kappa shape index (κ3) is 7.21. The van der Waals surface area contributed by atoms with E-state index in [0.29, 0.717) is 24.4 Å². The molecule has 0 aromatic heterocycles. The van der Waals surface area contributed by atoms with E-state index in [1.54, 1.807) is 24.3 Å². The number of carbonyl (C=O) groups is 2. The predicted molar refractivity (Wildman–Crippen MR) is 130 cm³/mol. The van der Waals surface area contributed by atoms with Crippen molar-refractivity contribution in [1.82, 2.24) is 10.2 Å². The molecule has 0 aliphatic heterocycles. The van der Waals surface area contributed by atoms with Crippen molar-refractivity contribution in [2.45, 2.75) is 39.8 Å². The fourth-order valence-electron chi connectivity index (χ4n) is 3.46. The molecule has 0 aliphatic rings. The Bertz CT molecular complexity index is 1040. The van der Waals surface area contributed by atoms with Crippen molar-refractivity contribution < 1.29 is 22.7 Å². The smallest absolute Gasteiger partial charge is 0.244 e. The number of likely N-dealkylation sites (N-methyl/N-ethyl adjacent to an activating group) is 1. The molecule has 1 atom stereocenters. The Balaban J connectivity index is 2.40. The van der Waals surface area contributed by atoms with Crippen molar-refractivity contribution >= 4 is 27.5 Å². The number of methoxy groups -OCH3 is 1. The summed E-state index contributed by atoms with van der Waals surface area (Å²) in [5, 5.41) is 2.78. The van der Waals surface area contributed by atoms with Gasteiger partial charge in [-0.05, 0) is 50.1 Å². The van der Waals surface area contributed by atoms with Crippen molar-refractivity contribution in [3.8, 4) is 5.75 Å². The van der Waals surface area contributed by atoms with E-state index in [1.165, 1.54) is 12.0 Å². The van der Waals surface area contributed by atoms with Gasteiger partial charge in [-0.25, -0.2) is 8.42 Å². The maximum atomic E-state index is 13.5. The zero-order valence-corrected chi connectivity index (χ0v) is 20.7. The van der Waals surface area contributed by atoms with Gasteiger partial charge in [-0.15, -0.1) is 0 Å². The first-order valence-corrected chi connectivity index (χ1v) is 12.7. The molecule has 2 aromatic carbocycles. The Labute approximate surface area is 196 Å². The third-order valence-corrected chi connectivity index (χ3v) is 6.39. The zero-order valence-electron chi connectivity index (χ0n) is 19.9. The normalized spacial score (nSPS) is 12.0. The van der Waals surface area contributed by atoms with Crippen molar-refractivity contribution in [2.75, 3.05) is 30.8 Å². The summed E-state index contributed by atoms with van der Waals surface area (Å²) in [6, 6.07) is 13.4. The molecular formula is C24H33N3O5S. The van der Waals surface area contributed by atoms with Gasteiger partial charge in [-0.1, -0.05) is 36.8 Å². The van der Waals surface area contributed by atoms with E-state index in [2.05, 4.69) is 5.32 Å². The van der Waals surface area contributed by atoms with E-state index in [9.17, 15) is 18.0 Å². The van der Waals surface area contributed by atoms with Crippen LogP contribution in [0.3, 0.4) is 0 Å². The average molecular weight is 476 g/mol. The lowest BCUT2D eigenvalue weighted by molar-refractivity contribution is -0.140. The minimum absolute atomic E-state index is 0.189. The summed E-state index contributed by atoms with van der Waals surface area (Å²) >= 11 is 0. The Morgan fingerprint density at radius 1 is 1.03 bits per heavy atom. The van der Waals surface area contributed by atoms with Gasteiger partial charge in [0.05, 0.1) is 19.1 Å². The van der Waals surface area contributed by atoms with Gasteiger partial charge in [-0.2, -0.15) is 0 Å². The maximum Gasteiger partial charge on any atom is 0.244 e. The molecule has 0 aliphatic carbocycles. The summed E-state index contributed by atoms with van der Waals surface area (Å²) in [6.45, 7) is 5.80. The van der Waals surface area contributed by atoms with Crippen LogP contribution in [0.4, 0.5) is 5.69 Å². The Morgan fingerprint density at radius 3 is 2.12 bits per heavy atom. The molecule has 1 unspecified atom stereocenters. The van der Waals surface area contributed by atoms with Gasteiger partial charge in [0.1, 0.15) is 18.3 Å². The summed E-state index contributed by atoms with van der Waals surface area (Å²) < 4.78 is 31.3. The molecule has 2 aromatic rings. The van der Waals surface area contributed by atoms with Crippen LogP contribution >= 0.6 is 0 Å². The molecule has 1 N–H and O–H groups in total. The van der Waals surface area contributed by atoms with Crippen LogP contribution in [-0.2, 0) is 26.2 Å². The van der Waals surface area contributed by atoms with Crippen LogP contribution in [0.15, 0.2) is 48.5 Å². The van der Waals surface area contributed by atoms with Crippen LogP contribution in [0.25, 0.3) is 0 Å². The topological polar surface area (TPSA) is 96.0 Å². The predicted octanol–water partition coefficient (Wildman–Crippen LogP) is 2.71. The van der Waals surface area contributed by atoms with Crippen LogP contribution in [0.1, 0.15) is 31.4 Å². The number of benzene rings is 2. The first kappa shape index (κ1) is 26.2. The SMILES string of the molecule is CCNC(=O)C(CC)N(Cc1ccc(C)cc1)C(=O)CN(c1ccc(OC)cc1)S(C)(=O)=O. The van der Waals surface area contributed by atoms with E-state index >= 15 is 0 Å². The van der Waals surface area contributed by atoms with E-state index in [1.807, 2.05) is 45.0 Å². The minimum Gasteiger partial charge on any atom is -0.497 e. The van der Waals surface area contributed by atoms with Crippen LogP contribution in [0.5, 0.6) is 5.75 Å². The molecule has 8 nitrogen and oxygen atoms in total. The quantitative estimate of drug-likeness (QED) is 0.539. The van der Waals surface area contributed by atoms with Gasteiger partial charge in [0.15, 0.2) is 0 Å². The first-order valence-electron chi connectivity index (χ1n) is 10.8. The second-order valence-corrected chi connectivity index (χ2v) is 9.70. The summed E-state index contributed by atoms with van der Waals surface area (Å²) in [5.41, 5.74) is 2.27. The van der Waals surface area contributed by atoms with Gasteiger partial charge in [0.25, 0.3) is 0 Å². The third-order valence-electron chi connectivity index (χ3n) is 5.25. The molecule has 0 bridgehead atoms. The highest BCUT2D eigenvalue weighted by molar-refractivity contribution is 7.92. The van der Waals surface area contributed by atoms with Crippen LogP contribution in [0, 0.1) is 6.92 Å². The van der Waals surface area contributed by atoms with Crippen LogP contribution in [0.2, 0.25) is 0 Å². The van der Waals surface area contributed by atoms with E-state index in [-0.39, 0.29) is 12.5 Å². The monoisotopic (exact) mass is 475 g/mol. The highest BCUT2D eigenvalue weighted by Gasteiger charge is 2.31. The van der Waals surface area contributed by atoms with E-state index in [0.717, 1.165) is 21.7 Å². The summed E-state index contributed by atoms with van der Waals surface area (Å²) in [4.78, 5) is 27.7. The van der Waals surface area contributed by atoms with Crippen molar-refractivity contribution in [1.29, 1.82) is 0 Å². The molecule has 0 saturated carbocycles. The van der Waals surface area contributed by atoms with Crippen molar-refractivity contribution in [3.63, 3.8) is 0 Å². The molecule has 9 heteroatoms. The minimum atomic E-state index is -3.76. The largest absolute Gasteiger partial charge is 0.497 e. The molecule has 180 valence electrons. The number of rotatable bonds is 11. The molecule has 0 fully saturated rings. The van der Waals surface area contributed by atoms with Crippen LogP contribution < -0.4 is 14.4 Å². The number of nitrogens with one attached hydrogen (secondary N) is 1. The molecule has 0 spiro atoms. The number of sulfonamides is 1. The molecule has 0 heterocycles. The molecule has 0 saturated heterocycles. The standard InChI is InChI=1S/C24H33N3O5S/c1-6-22(24(29)25-7-2)26(16-19-10-8-18(3)9-11-19)23(28)17-27(33(5,30)31)20-12-14-21(32-4)15-13-20/h8-15,22H,6-7,16-17H2,1-5H3,(H,25,29). The Morgan fingerprint density at radius 2 is 1.64 bits per heavy atom. The molecule has 0 radical (unpaired) electrons. The lowest BCUT2D eigenvalue weighted by Crippen LogP contribution is -2.52. The van der Waals surface area contributed by atoms with Gasteiger partial charge in [-0.3, -0.25) is 13.9 Å². The Kier molecular flexibility index (Phi) is 9.28. The fourth-order valence-corrected chi connectivity index (χ4v) is 4.31. The van der Waals surface area contributed by atoms with E-state index < -0.39 is 28.5 Å². The fraction of sp³-hybridized carbons (Fsp3) is 0.417. The van der Waals surface area contributed by atoms with Crippen molar-refractivity contribution in [3.05, 3.63) is 59.7 Å². The molecule has 2 rings (SSSR count). The number of carbonyl (C=O) groups excluding carboxylic acids is 2. The van der Waals surface area contributed by atoms with Gasteiger partial charge < -0.3 is 15.0 Å². The lowest BCUT2D eigenvalue weighted by Gasteiger charge is -2.32. The summed E-state index contributed by atoms with van der Waals surface area (Å²) in [6.07, 6.45) is 1.45. The summed E-state index contributed by atoms with van der Waals surface area (Å²) in [7, 11) is -2.25. The molecule has 2 amide bonds.